The summed E-state index contributed by atoms with van der Waals surface area (Å²) in [5.41, 5.74) is 6.61. The second-order valence-corrected chi connectivity index (χ2v) is 7.45. The topological polar surface area (TPSA) is 28.3 Å². The first-order valence-electron chi connectivity index (χ1n) is 9.85. The number of aromatic amines is 1. The Kier molecular flexibility index (Phi) is 4.38. The highest BCUT2D eigenvalue weighted by Crippen LogP contribution is 2.39. The molecule has 2 heterocycles. The number of rotatable bonds is 4. The van der Waals surface area contributed by atoms with Gasteiger partial charge >= 0.3 is 0 Å². The lowest BCUT2D eigenvalue weighted by molar-refractivity contribution is 0.202. The molecule has 0 saturated carbocycles. The molecule has 0 fully saturated rings. The quantitative estimate of drug-likeness (QED) is 0.528. The SMILES string of the molecule is COc1ccc2[nH]c3c(c2c1)CCN(Cc1ccccc1)C3c1ccccc1. The van der Waals surface area contributed by atoms with Gasteiger partial charge in [0.25, 0.3) is 0 Å². The lowest BCUT2D eigenvalue weighted by Gasteiger charge is -2.36. The van der Waals surface area contributed by atoms with Crippen molar-refractivity contribution in [1.29, 1.82) is 0 Å². The normalized spacial score (nSPS) is 16.8. The van der Waals surface area contributed by atoms with Gasteiger partial charge in [0.05, 0.1) is 13.2 Å². The minimum absolute atomic E-state index is 0.226. The van der Waals surface area contributed by atoms with Crippen LogP contribution in [0.25, 0.3) is 10.9 Å². The van der Waals surface area contributed by atoms with Gasteiger partial charge in [0.2, 0.25) is 0 Å². The lowest BCUT2D eigenvalue weighted by Crippen LogP contribution is -2.35. The van der Waals surface area contributed by atoms with Gasteiger partial charge in [-0.3, -0.25) is 4.90 Å². The maximum absolute atomic E-state index is 5.47. The van der Waals surface area contributed by atoms with Gasteiger partial charge in [-0.1, -0.05) is 60.7 Å². The molecule has 28 heavy (non-hydrogen) atoms. The molecule has 0 bridgehead atoms. The van der Waals surface area contributed by atoms with E-state index in [9.17, 15) is 0 Å². The minimum atomic E-state index is 0.226. The van der Waals surface area contributed by atoms with E-state index in [0.29, 0.717) is 0 Å². The molecule has 1 aliphatic heterocycles. The maximum atomic E-state index is 5.47. The van der Waals surface area contributed by atoms with Gasteiger partial charge in [0, 0.05) is 29.7 Å². The fourth-order valence-corrected chi connectivity index (χ4v) is 4.45. The van der Waals surface area contributed by atoms with E-state index in [1.54, 1.807) is 7.11 Å². The molecule has 1 aromatic heterocycles. The molecular formula is C25H24N2O. The van der Waals surface area contributed by atoms with Crippen molar-refractivity contribution in [3.63, 3.8) is 0 Å². The van der Waals surface area contributed by atoms with Crippen molar-refractivity contribution >= 4 is 10.9 Å². The van der Waals surface area contributed by atoms with E-state index in [1.165, 1.54) is 33.3 Å². The Morgan fingerprint density at radius 3 is 2.46 bits per heavy atom. The zero-order chi connectivity index (χ0) is 18.9. The van der Waals surface area contributed by atoms with Gasteiger partial charge in [-0.25, -0.2) is 0 Å². The molecule has 0 radical (unpaired) electrons. The van der Waals surface area contributed by atoms with Gasteiger partial charge in [-0.05, 0) is 41.3 Å². The summed E-state index contributed by atoms with van der Waals surface area (Å²) in [6.45, 7) is 1.98. The summed E-state index contributed by atoms with van der Waals surface area (Å²) < 4.78 is 5.47. The molecule has 1 atom stereocenters. The lowest BCUT2D eigenvalue weighted by atomic mass is 9.92. The van der Waals surface area contributed by atoms with E-state index >= 15 is 0 Å². The fourth-order valence-electron chi connectivity index (χ4n) is 4.45. The van der Waals surface area contributed by atoms with E-state index < -0.39 is 0 Å². The van der Waals surface area contributed by atoms with Crippen LogP contribution in [0.1, 0.15) is 28.4 Å². The third-order valence-electron chi connectivity index (χ3n) is 5.78. The smallest absolute Gasteiger partial charge is 0.119 e. The molecule has 1 aliphatic rings. The average Bonchev–Trinajstić information content (AvgIpc) is 3.12. The highest BCUT2D eigenvalue weighted by molar-refractivity contribution is 5.86. The van der Waals surface area contributed by atoms with Crippen molar-refractivity contribution in [3.8, 4) is 5.75 Å². The number of nitrogens with zero attached hydrogens (tertiary/aromatic N) is 1. The zero-order valence-corrected chi connectivity index (χ0v) is 16.1. The van der Waals surface area contributed by atoms with E-state index in [2.05, 4.69) is 82.7 Å². The third kappa shape index (κ3) is 2.98. The maximum Gasteiger partial charge on any atom is 0.119 e. The summed E-state index contributed by atoms with van der Waals surface area (Å²) in [6, 6.07) is 28.2. The number of hydrogen-bond donors (Lipinski definition) is 1. The summed E-state index contributed by atoms with van der Waals surface area (Å²) in [5.74, 6) is 0.914. The van der Waals surface area contributed by atoms with Crippen LogP contribution >= 0.6 is 0 Å². The van der Waals surface area contributed by atoms with Crippen LogP contribution in [0.3, 0.4) is 0 Å². The molecule has 0 spiro atoms. The third-order valence-corrected chi connectivity index (χ3v) is 5.78. The molecule has 3 aromatic carbocycles. The number of methoxy groups -OCH3 is 1. The Labute approximate surface area is 165 Å². The number of nitrogens with one attached hydrogen (secondary N) is 1. The van der Waals surface area contributed by atoms with Crippen molar-refractivity contribution < 1.29 is 4.74 Å². The fraction of sp³-hybridized carbons (Fsp3) is 0.200. The van der Waals surface area contributed by atoms with Gasteiger partial charge in [0.1, 0.15) is 5.75 Å². The molecule has 0 aliphatic carbocycles. The number of H-pyrrole nitrogens is 1. The van der Waals surface area contributed by atoms with Crippen LogP contribution in [0.2, 0.25) is 0 Å². The molecule has 5 rings (SSSR count). The largest absolute Gasteiger partial charge is 0.497 e. The molecule has 4 aromatic rings. The molecule has 0 amide bonds. The molecule has 1 unspecified atom stereocenters. The molecule has 3 nitrogen and oxygen atoms in total. The second kappa shape index (κ2) is 7.17. The van der Waals surface area contributed by atoms with Crippen molar-refractivity contribution in [3.05, 3.63) is 101 Å². The predicted molar refractivity (Wildman–Crippen MR) is 114 cm³/mol. The van der Waals surface area contributed by atoms with Crippen molar-refractivity contribution in [2.75, 3.05) is 13.7 Å². The van der Waals surface area contributed by atoms with E-state index in [-0.39, 0.29) is 6.04 Å². The standard InChI is InChI=1S/C25H24N2O/c1-28-20-12-13-23-22(16-20)21-14-15-27(17-18-8-4-2-5-9-18)25(24(21)26-23)19-10-6-3-7-11-19/h2-13,16,25-26H,14-15,17H2,1H3. The van der Waals surface area contributed by atoms with Gasteiger partial charge < -0.3 is 9.72 Å². The van der Waals surface area contributed by atoms with Crippen molar-refractivity contribution in [2.45, 2.75) is 19.0 Å². The Balaban J connectivity index is 1.62. The Morgan fingerprint density at radius 2 is 1.71 bits per heavy atom. The van der Waals surface area contributed by atoms with Crippen LogP contribution in [0.4, 0.5) is 0 Å². The second-order valence-electron chi connectivity index (χ2n) is 7.45. The first-order chi connectivity index (χ1) is 13.8. The van der Waals surface area contributed by atoms with E-state index in [4.69, 9.17) is 4.74 Å². The van der Waals surface area contributed by atoms with Gasteiger partial charge in [-0.15, -0.1) is 0 Å². The van der Waals surface area contributed by atoms with Crippen LogP contribution < -0.4 is 4.74 Å². The highest BCUT2D eigenvalue weighted by atomic mass is 16.5. The molecule has 140 valence electrons. The van der Waals surface area contributed by atoms with Crippen molar-refractivity contribution in [2.24, 2.45) is 0 Å². The summed E-state index contributed by atoms with van der Waals surface area (Å²) >= 11 is 0. The Hall–Kier alpha value is -3.04. The summed E-state index contributed by atoms with van der Waals surface area (Å²) in [4.78, 5) is 6.32. The average molecular weight is 368 g/mol. The van der Waals surface area contributed by atoms with Crippen molar-refractivity contribution in [1.82, 2.24) is 9.88 Å². The minimum Gasteiger partial charge on any atom is -0.497 e. The summed E-state index contributed by atoms with van der Waals surface area (Å²) in [5, 5.41) is 1.29. The number of ether oxygens (including phenoxy) is 1. The zero-order valence-electron chi connectivity index (χ0n) is 16.1. The van der Waals surface area contributed by atoms with Crippen LogP contribution in [-0.2, 0) is 13.0 Å². The predicted octanol–water partition coefficient (Wildman–Crippen LogP) is 5.32. The number of hydrogen-bond acceptors (Lipinski definition) is 2. The molecule has 1 N–H and O–H groups in total. The van der Waals surface area contributed by atoms with Crippen LogP contribution in [0, 0.1) is 0 Å². The first-order valence-corrected chi connectivity index (χ1v) is 9.85. The molecular weight excluding hydrogens is 344 g/mol. The monoisotopic (exact) mass is 368 g/mol. The molecule has 0 saturated heterocycles. The van der Waals surface area contributed by atoms with Crippen LogP contribution in [0.5, 0.6) is 5.75 Å². The Bertz CT molecular complexity index is 1090. The number of fused-ring (bicyclic) bond motifs is 3. The number of benzene rings is 3. The summed E-state index contributed by atoms with van der Waals surface area (Å²) in [6.07, 6.45) is 1.04. The van der Waals surface area contributed by atoms with Gasteiger partial charge in [-0.2, -0.15) is 0 Å². The first kappa shape index (κ1) is 17.1. The Morgan fingerprint density at radius 1 is 0.964 bits per heavy atom. The van der Waals surface area contributed by atoms with Crippen LogP contribution in [-0.4, -0.2) is 23.5 Å². The summed E-state index contributed by atoms with van der Waals surface area (Å²) in [7, 11) is 1.73. The van der Waals surface area contributed by atoms with Crippen LogP contribution in [0.15, 0.2) is 78.9 Å². The number of aromatic nitrogens is 1. The molecule has 3 heteroatoms. The van der Waals surface area contributed by atoms with Gasteiger partial charge in [0.15, 0.2) is 0 Å². The highest BCUT2D eigenvalue weighted by Gasteiger charge is 2.31. The van der Waals surface area contributed by atoms with E-state index in [1.807, 2.05) is 6.07 Å². The van der Waals surface area contributed by atoms with E-state index in [0.717, 1.165) is 25.3 Å².